The van der Waals surface area contributed by atoms with Gasteiger partial charge in [-0.3, -0.25) is 4.79 Å². The maximum Gasteiger partial charge on any atom is 0.219 e. The lowest BCUT2D eigenvalue weighted by Crippen LogP contribution is -2.35. The van der Waals surface area contributed by atoms with E-state index in [1.54, 1.807) is 6.92 Å². The summed E-state index contributed by atoms with van der Waals surface area (Å²) in [6.07, 6.45) is 7.26. The van der Waals surface area contributed by atoms with Gasteiger partial charge in [-0.2, -0.15) is 0 Å². The normalized spacial score (nSPS) is 19.2. The summed E-state index contributed by atoms with van der Waals surface area (Å²) < 4.78 is 0. The van der Waals surface area contributed by atoms with Gasteiger partial charge in [0.15, 0.2) is 0 Å². The van der Waals surface area contributed by atoms with Crippen molar-refractivity contribution in [3.63, 3.8) is 0 Å². The van der Waals surface area contributed by atoms with Gasteiger partial charge in [0.25, 0.3) is 0 Å². The number of carbonyl (C=O) groups is 1. The first-order valence-electron chi connectivity index (χ1n) is 10.2. The number of rotatable bonds is 2. The lowest BCUT2D eigenvalue weighted by molar-refractivity contribution is -0.129. The maximum absolute atomic E-state index is 12.0. The van der Waals surface area contributed by atoms with Gasteiger partial charge in [0.2, 0.25) is 5.91 Å². The summed E-state index contributed by atoms with van der Waals surface area (Å²) >= 11 is 0. The summed E-state index contributed by atoms with van der Waals surface area (Å²) in [5, 5.41) is 4.84. The highest BCUT2D eigenvalue weighted by Gasteiger charge is 2.26. The van der Waals surface area contributed by atoms with Crippen LogP contribution in [-0.2, 0) is 17.8 Å². The second kappa shape index (κ2) is 6.74. The molecule has 5 rings (SSSR count). The standard InChI is InChI=1S/C23H26N4O/c1-14-11-25-23-19(14)10-18(12-26-23)17-8-16-5-7-27(15(2)28)13-21(16)20(9-17)22-4-3-6-24-22/h8-12,22,24H,3-7,13H2,1-2H3,(H,25,26)/t22-/m1/s1. The van der Waals surface area contributed by atoms with Crippen molar-refractivity contribution in [3.8, 4) is 11.1 Å². The number of nitrogens with zero attached hydrogens (tertiary/aromatic N) is 2. The molecule has 2 N–H and O–H groups in total. The van der Waals surface area contributed by atoms with E-state index in [1.165, 1.54) is 39.6 Å². The van der Waals surface area contributed by atoms with Crippen LogP contribution in [-0.4, -0.2) is 33.9 Å². The predicted molar refractivity (Wildman–Crippen MR) is 111 cm³/mol. The molecule has 0 aliphatic carbocycles. The summed E-state index contributed by atoms with van der Waals surface area (Å²) in [7, 11) is 0. The van der Waals surface area contributed by atoms with E-state index in [2.05, 4.69) is 40.4 Å². The van der Waals surface area contributed by atoms with E-state index < -0.39 is 0 Å². The summed E-state index contributed by atoms with van der Waals surface area (Å²) in [4.78, 5) is 21.8. The van der Waals surface area contributed by atoms with Crippen LogP contribution in [0.5, 0.6) is 0 Å². The molecule has 2 aliphatic heterocycles. The molecule has 5 heteroatoms. The Kier molecular flexibility index (Phi) is 4.20. The monoisotopic (exact) mass is 374 g/mol. The molecular formula is C23H26N4O. The van der Waals surface area contributed by atoms with E-state index in [9.17, 15) is 4.79 Å². The van der Waals surface area contributed by atoms with Gasteiger partial charge in [0, 0.05) is 49.4 Å². The van der Waals surface area contributed by atoms with Crippen LogP contribution in [0.15, 0.2) is 30.6 Å². The lowest BCUT2D eigenvalue weighted by Gasteiger charge is -2.31. The van der Waals surface area contributed by atoms with E-state index in [4.69, 9.17) is 0 Å². The first kappa shape index (κ1) is 17.4. The average Bonchev–Trinajstić information content (AvgIpc) is 3.37. The topological polar surface area (TPSA) is 61.0 Å². The van der Waals surface area contributed by atoms with Gasteiger partial charge in [-0.15, -0.1) is 0 Å². The Hall–Kier alpha value is -2.66. The summed E-state index contributed by atoms with van der Waals surface area (Å²) in [5.41, 5.74) is 8.63. The van der Waals surface area contributed by atoms with Crippen LogP contribution in [0.3, 0.4) is 0 Å². The maximum atomic E-state index is 12.0. The number of amides is 1. The third-order valence-electron chi connectivity index (χ3n) is 6.33. The zero-order chi connectivity index (χ0) is 19.3. The summed E-state index contributed by atoms with van der Waals surface area (Å²) in [6, 6.07) is 7.27. The fraction of sp³-hybridized carbons (Fsp3) is 0.391. The van der Waals surface area contributed by atoms with Crippen molar-refractivity contribution in [1.82, 2.24) is 20.2 Å². The van der Waals surface area contributed by atoms with Crippen molar-refractivity contribution in [2.75, 3.05) is 13.1 Å². The predicted octanol–water partition coefficient (Wildman–Crippen LogP) is 3.87. The van der Waals surface area contributed by atoms with Crippen molar-refractivity contribution in [1.29, 1.82) is 0 Å². The minimum atomic E-state index is 0.164. The molecule has 1 atom stereocenters. The SMILES string of the molecule is CC(=O)N1CCc2cc(-c3cnc4[nH]cc(C)c4c3)cc([C@H]3CCCN3)c2C1. The molecule has 1 aromatic carbocycles. The van der Waals surface area contributed by atoms with E-state index in [-0.39, 0.29) is 5.91 Å². The van der Waals surface area contributed by atoms with Crippen LogP contribution >= 0.6 is 0 Å². The smallest absolute Gasteiger partial charge is 0.219 e. The van der Waals surface area contributed by atoms with Crippen LogP contribution < -0.4 is 5.32 Å². The van der Waals surface area contributed by atoms with Gasteiger partial charge in [0.1, 0.15) is 5.65 Å². The summed E-state index contributed by atoms with van der Waals surface area (Å²) in [5.74, 6) is 0.164. The van der Waals surface area contributed by atoms with E-state index in [1.807, 2.05) is 17.3 Å². The molecule has 0 spiro atoms. The molecule has 1 fully saturated rings. The van der Waals surface area contributed by atoms with E-state index in [0.717, 1.165) is 43.7 Å². The Morgan fingerprint density at radius 3 is 2.93 bits per heavy atom. The van der Waals surface area contributed by atoms with Gasteiger partial charge >= 0.3 is 0 Å². The number of carbonyl (C=O) groups excluding carboxylic acids is 1. The number of fused-ring (bicyclic) bond motifs is 2. The molecule has 5 nitrogen and oxygen atoms in total. The Balaban J connectivity index is 1.63. The number of pyridine rings is 1. The van der Waals surface area contributed by atoms with Crippen LogP contribution in [0.25, 0.3) is 22.2 Å². The minimum absolute atomic E-state index is 0.164. The largest absolute Gasteiger partial charge is 0.346 e. The number of hydrogen-bond donors (Lipinski definition) is 2. The molecule has 0 unspecified atom stereocenters. The Labute approximate surface area is 165 Å². The third kappa shape index (κ3) is 2.90. The molecular weight excluding hydrogens is 348 g/mol. The van der Waals surface area contributed by atoms with Crippen molar-refractivity contribution in [2.24, 2.45) is 0 Å². The zero-order valence-electron chi connectivity index (χ0n) is 16.5. The van der Waals surface area contributed by atoms with Crippen molar-refractivity contribution in [2.45, 2.75) is 45.7 Å². The van der Waals surface area contributed by atoms with Crippen LogP contribution in [0.4, 0.5) is 0 Å². The van der Waals surface area contributed by atoms with Gasteiger partial charge in [0.05, 0.1) is 0 Å². The fourth-order valence-electron chi connectivity index (χ4n) is 4.69. The second-order valence-electron chi connectivity index (χ2n) is 8.13. The van der Waals surface area contributed by atoms with Crippen molar-refractivity contribution >= 4 is 16.9 Å². The fourth-order valence-corrected chi connectivity index (χ4v) is 4.69. The molecule has 4 heterocycles. The van der Waals surface area contributed by atoms with Crippen molar-refractivity contribution in [3.05, 3.63) is 52.8 Å². The number of aromatic amines is 1. The van der Waals surface area contributed by atoms with Gasteiger partial charge < -0.3 is 15.2 Å². The quantitative estimate of drug-likeness (QED) is 0.716. The second-order valence-corrected chi connectivity index (χ2v) is 8.13. The van der Waals surface area contributed by atoms with Gasteiger partial charge in [-0.25, -0.2) is 4.98 Å². The molecule has 1 saturated heterocycles. The van der Waals surface area contributed by atoms with Gasteiger partial charge in [-0.05, 0) is 72.7 Å². The molecule has 0 saturated carbocycles. The Morgan fingerprint density at radius 1 is 1.25 bits per heavy atom. The number of H-pyrrole nitrogens is 1. The first-order chi connectivity index (χ1) is 13.6. The molecule has 1 amide bonds. The van der Waals surface area contributed by atoms with Crippen LogP contribution in [0, 0.1) is 6.92 Å². The van der Waals surface area contributed by atoms with Gasteiger partial charge in [-0.1, -0.05) is 6.07 Å². The van der Waals surface area contributed by atoms with E-state index in [0.29, 0.717) is 6.04 Å². The van der Waals surface area contributed by atoms with Crippen molar-refractivity contribution < 1.29 is 4.79 Å². The Morgan fingerprint density at radius 2 is 2.14 bits per heavy atom. The minimum Gasteiger partial charge on any atom is -0.346 e. The number of aromatic nitrogens is 2. The highest BCUT2D eigenvalue weighted by molar-refractivity contribution is 5.84. The van der Waals surface area contributed by atoms with Crippen LogP contribution in [0.1, 0.15) is 48.1 Å². The first-order valence-corrected chi connectivity index (χ1v) is 10.2. The van der Waals surface area contributed by atoms with E-state index >= 15 is 0 Å². The lowest BCUT2D eigenvalue weighted by atomic mass is 9.87. The molecule has 0 radical (unpaired) electrons. The number of hydrogen-bond acceptors (Lipinski definition) is 3. The number of nitrogens with one attached hydrogen (secondary N) is 2. The number of benzene rings is 1. The van der Waals surface area contributed by atoms with Crippen LogP contribution in [0.2, 0.25) is 0 Å². The Bertz CT molecular complexity index is 1060. The molecule has 2 aliphatic rings. The number of aryl methyl sites for hydroxylation is 1. The average molecular weight is 374 g/mol. The summed E-state index contributed by atoms with van der Waals surface area (Å²) in [6.45, 7) is 6.38. The highest BCUT2D eigenvalue weighted by Crippen LogP contribution is 2.36. The molecule has 3 aromatic rings. The molecule has 28 heavy (non-hydrogen) atoms. The molecule has 0 bridgehead atoms. The molecule has 144 valence electrons. The third-order valence-corrected chi connectivity index (χ3v) is 6.33. The highest BCUT2D eigenvalue weighted by atomic mass is 16.2. The zero-order valence-corrected chi connectivity index (χ0v) is 16.5. The molecule has 2 aromatic heterocycles.